The summed E-state index contributed by atoms with van der Waals surface area (Å²) in [5, 5.41) is 24.1. The largest absolute Gasteiger partial charge is 0.492 e. The molecule has 4 aliphatic rings. The third-order valence-corrected chi connectivity index (χ3v) is 11.0. The number of aliphatic hydroxyl groups is 2. The van der Waals surface area contributed by atoms with Crippen molar-refractivity contribution < 1.29 is 38.8 Å². The van der Waals surface area contributed by atoms with E-state index in [0.29, 0.717) is 25.2 Å². The van der Waals surface area contributed by atoms with Gasteiger partial charge < -0.3 is 38.9 Å². The van der Waals surface area contributed by atoms with Crippen LogP contribution in [0.15, 0.2) is 78.0 Å². The van der Waals surface area contributed by atoms with Crippen LogP contribution in [0.25, 0.3) is 0 Å². The number of likely N-dealkylation sites (N-methyl/N-ethyl adjacent to an activating group) is 1. The molecule has 0 spiro atoms. The number of hydrogen-bond donors (Lipinski definition) is 2. The van der Waals surface area contributed by atoms with Gasteiger partial charge in [-0.2, -0.15) is 0 Å². The van der Waals surface area contributed by atoms with Crippen LogP contribution in [0, 0.1) is 17.8 Å². The maximum atomic E-state index is 13.9. The average Bonchev–Trinajstić information content (AvgIpc) is 3.99. The molecule has 2 N–H and O–H groups in total. The zero-order valence-corrected chi connectivity index (χ0v) is 30.7. The Morgan fingerprint density at radius 1 is 1.10 bits per heavy atom. The van der Waals surface area contributed by atoms with Gasteiger partial charge in [0.05, 0.1) is 18.2 Å². The number of allylic oxidation sites excluding steroid dienone is 1. The fourth-order valence-electron chi connectivity index (χ4n) is 8.46. The van der Waals surface area contributed by atoms with E-state index in [0.717, 1.165) is 79.9 Å². The van der Waals surface area contributed by atoms with Gasteiger partial charge in [0.2, 0.25) is 5.79 Å². The molecule has 2 aromatic carbocycles. The van der Waals surface area contributed by atoms with Crippen molar-refractivity contribution in [3.8, 4) is 11.5 Å². The van der Waals surface area contributed by atoms with Crippen molar-refractivity contribution >= 4 is 11.8 Å². The smallest absolute Gasteiger partial charge is 0.410 e. The first-order chi connectivity index (χ1) is 25.4. The number of carbonyl (C=O) groups excluding carboxylic acids is 1. The molecule has 282 valence electrons. The molecule has 0 bridgehead atoms. The van der Waals surface area contributed by atoms with Crippen molar-refractivity contribution in [3.05, 3.63) is 84.0 Å². The quantitative estimate of drug-likeness (QED) is 0.0791. The zero-order chi connectivity index (χ0) is 36.5. The summed E-state index contributed by atoms with van der Waals surface area (Å²) in [6, 6.07) is 15.0. The van der Waals surface area contributed by atoms with E-state index < -0.39 is 17.9 Å². The summed E-state index contributed by atoms with van der Waals surface area (Å²) in [5.74, 6) is -0.0423. The normalized spacial score (nSPS) is 26.7. The second-order valence-corrected chi connectivity index (χ2v) is 14.3. The number of benzene rings is 2. The zero-order valence-electron chi connectivity index (χ0n) is 30.7. The van der Waals surface area contributed by atoms with E-state index in [9.17, 15) is 15.0 Å². The van der Waals surface area contributed by atoms with Gasteiger partial charge in [-0.3, -0.25) is 4.90 Å². The van der Waals surface area contributed by atoms with Crippen molar-refractivity contribution in [3.63, 3.8) is 0 Å². The minimum absolute atomic E-state index is 0.110. The third-order valence-electron chi connectivity index (χ3n) is 11.0. The van der Waals surface area contributed by atoms with E-state index >= 15 is 0 Å². The summed E-state index contributed by atoms with van der Waals surface area (Å²) >= 11 is 0. The Kier molecular flexibility index (Phi) is 12.9. The highest BCUT2D eigenvalue weighted by atomic mass is 16.7. The van der Waals surface area contributed by atoms with Gasteiger partial charge in [-0.05, 0) is 66.9 Å². The summed E-state index contributed by atoms with van der Waals surface area (Å²) in [4.78, 5) is 23.3. The van der Waals surface area contributed by atoms with Crippen LogP contribution in [0.2, 0.25) is 0 Å². The van der Waals surface area contributed by atoms with Crippen LogP contribution in [0.3, 0.4) is 0 Å². The molecule has 2 aliphatic heterocycles. The highest BCUT2D eigenvalue weighted by molar-refractivity contribution is 6.02. The molecule has 1 saturated carbocycles. The van der Waals surface area contributed by atoms with Crippen LogP contribution in [0.1, 0.15) is 62.0 Å². The lowest BCUT2D eigenvalue weighted by Crippen LogP contribution is -2.69. The number of oxime groups is 1. The van der Waals surface area contributed by atoms with Gasteiger partial charge in [-0.1, -0.05) is 60.5 Å². The van der Waals surface area contributed by atoms with Crippen LogP contribution >= 0.6 is 0 Å². The Balaban J connectivity index is 1.47. The minimum Gasteiger partial charge on any atom is -0.492 e. The number of ether oxygens (including phenoxy) is 4. The van der Waals surface area contributed by atoms with E-state index in [1.165, 1.54) is 0 Å². The van der Waals surface area contributed by atoms with Crippen molar-refractivity contribution in [2.24, 2.45) is 22.9 Å². The van der Waals surface area contributed by atoms with Crippen molar-refractivity contribution in [1.29, 1.82) is 0 Å². The molecule has 2 aromatic rings. The van der Waals surface area contributed by atoms with Gasteiger partial charge in [-0.25, -0.2) is 4.79 Å². The number of amides is 1. The number of aliphatic hydroxyl groups excluding tert-OH is 2. The van der Waals surface area contributed by atoms with Gasteiger partial charge in [0, 0.05) is 57.8 Å². The summed E-state index contributed by atoms with van der Waals surface area (Å²) in [5.41, 5.74) is 3.65. The Bertz CT molecular complexity index is 1560. The molecule has 52 heavy (non-hydrogen) atoms. The molecule has 0 aromatic heterocycles. The van der Waals surface area contributed by atoms with Crippen molar-refractivity contribution in [2.75, 3.05) is 60.2 Å². The third kappa shape index (κ3) is 8.33. The van der Waals surface area contributed by atoms with E-state index in [1.54, 1.807) is 25.1 Å². The van der Waals surface area contributed by atoms with Crippen molar-refractivity contribution in [2.45, 2.75) is 69.3 Å². The highest BCUT2D eigenvalue weighted by Gasteiger charge is 2.65. The molecule has 11 nitrogen and oxygen atoms in total. The molecule has 0 radical (unpaired) electrons. The second kappa shape index (κ2) is 17.7. The first kappa shape index (κ1) is 37.8. The average molecular weight is 718 g/mol. The minimum atomic E-state index is -1.32. The van der Waals surface area contributed by atoms with Crippen molar-refractivity contribution in [1.82, 2.24) is 9.80 Å². The number of unbranched alkanes of at least 4 members (excludes halogenated alkanes) is 2. The molecule has 6 rings (SSSR count). The first-order valence-corrected chi connectivity index (χ1v) is 18.8. The van der Waals surface area contributed by atoms with Gasteiger partial charge in [-0.15, -0.1) is 6.58 Å². The maximum absolute atomic E-state index is 13.9. The van der Waals surface area contributed by atoms with Crippen LogP contribution in [-0.4, -0.2) is 104 Å². The fourth-order valence-corrected chi connectivity index (χ4v) is 8.46. The molecule has 2 fully saturated rings. The monoisotopic (exact) mass is 717 g/mol. The van der Waals surface area contributed by atoms with E-state index in [2.05, 4.69) is 28.8 Å². The lowest BCUT2D eigenvalue weighted by atomic mass is 9.55. The first-order valence-electron chi connectivity index (χ1n) is 18.8. The molecule has 2 aliphatic carbocycles. The molecular formula is C41H55N3O8. The summed E-state index contributed by atoms with van der Waals surface area (Å²) in [6.45, 7) is 8.26. The number of hydrogen-bond acceptors (Lipinski definition) is 10. The van der Waals surface area contributed by atoms with Gasteiger partial charge in [0.1, 0.15) is 37.9 Å². The van der Waals surface area contributed by atoms with Crippen LogP contribution in [0.4, 0.5) is 4.79 Å². The van der Waals surface area contributed by atoms with Gasteiger partial charge in [0.15, 0.2) is 0 Å². The predicted molar refractivity (Wildman–Crippen MR) is 198 cm³/mol. The fraction of sp³-hybridized carbons (Fsp3) is 0.561. The summed E-state index contributed by atoms with van der Waals surface area (Å²) in [7, 11) is 3.28. The van der Waals surface area contributed by atoms with Gasteiger partial charge >= 0.3 is 6.09 Å². The van der Waals surface area contributed by atoms with E-state index in [1.807, 2.05) is 42.5 Å². The molecule has 1 saturated heterocycles. The van der Waals surface area contributed by atoms with Crippen LogP contribution < -0.4 is 9.47 Å². The number of carbonyl (C=O) groups is 1. The standard InChI is InChI=1S/C41H55N3O8/c1-4-23-51-41-37(43(2)40(47)50-28-29-12-6-5-7-13-29)27-35(42-48-3)33-25-30(14-8-10-21-45)32(15-9-11-22-46)38(39(33)41)34-26-31(16-17-36(34)52-41)49-24-20-44-18-19-44/h4-7,12-13,16-17,25-26,30,32,37-39,45-46H,1,8-11,14-15,18-24,27-28H2,2-3H3. The highest BCUT2D eigenvalue weighted by Crippen LogP contribution is 2.61. The Hall–Kier alpha value is -3.90. The molecule has 6 atom stereocenters. The second-order valence-electron chi connectivity index (χ2n) is 14.3. The predicted octanol–water partition coefficient (Wildman–Crippen LogP) is 5.91. The number of fused-ring (bicyclic) bond motifs is 2. The van der Waals surface area contributed by atoms with Crippen LogP contribution in [0.5, 0.6) is 11.5 Å². The SMILES string of the molecule is C=CCOC12Oc3ccc(OCCN4CC4)cc3C3C(CCCCO)C(CCCCO)C=C(C(=NOC)CC1N(C)C(=O)OCc1ccccc1)C32. The molecule has 1 amide bonds. The van der Waals surface area contributed by atoms with E-state index in [4.69, 9.17) is 23.8 Å². The summed E-state index contributed by atoms with van der Waals surface area (Å²) < 4.78 is 26.2. The Labute approximate surface area is 307 Å². The van der Waals surface area contributed by atoms with Crippen LogP contribution in [-0.2, 0) is 20.9 Å². The molecule has 11 heteroatoms. The number of rotatable bonds is 19. The summed E-state index contributed by atoms with van der Waals surface area (Å²) in [6.07, 6.45) is 8.73. The Morgan fingerprint density at radius 3 is 2.58 bits per heavy atom. The molecular weight excluding hydrogens is 662 g/mol. The van der Waals surface area contributed by atoms with Gasteiger partial charge in [0.25, 0.3) is 0 Å². The topological polar surface area (TPSA) is 122 Å². The van der Waals surface area contributed by atoms with E-state index in [-0.39, 0.29) is 50.1 Å². The number of nitrogens with zero attached hydrogens (tertiary/aromatic N) is 3. The lowest BCUT2D eigenvalue weighted by molar-refractivity contribution is -0.253. The Morgan fingerprint density at radius 2 is 1.87 bits per heavy atom. The molecule has 2 heterocycles. The lowest BCUT2D eigenvalue weighted by Gasteiger charge is -2.59. The maximum Gasteiger partial charge on any atom is 0.410 e. The molecule has 6 unspecified atom stereocenters.